The van der Waals surface area contributed by atoms with Crippen molar-refractivity contribution in [1.82, 2.24) is 9.78 Å². The monoisotopic (exact) mass is 470 g/mol. The van der Waals surface area contributed by atoms with E-state index in [1.165, 1.54) is 30.1 Å². The Morgan fingerprint density at radius 3 is 2.63 bits per heavy atom. The second kappa shape index (κ2) is 8.41. The number of nitrogens with one attached hydrogen (secondary N) is 1. The summed E-state index contributed by atoms with van der Waals surface area (Å²) in [6.45, 7) is -0.146. The highest BCUT2D eigenvalue weighted by Gasteiger charge is 2.34. The summed E-state index contributed by atoms with van der Waals surface area (Å²) in [5.41, 5.74) is 5.61. The molecule has 0 amide bonds. The van der Waals surface area contributed by atoms with E-state index >= 15 is 0 Å². The van der Waals surface area contributed by atoms with Gasteiger partial charge < -0.3 is 5.73 Å². The van der Waals surface area contributed by atoms with E-state index < -0.39 is 21.2 Å². The van der Waals surface area contributed by atoms with Crippen molar-refractivity contribution in [2.45, 2.75) is 30.2 Å². The molecule has 3 N–H and O–H groups in total. The number of carbonyl (C=O) groups excluding carboxylic acids is 1. The smallest absolute Gasteiger partial charge is 0.277 e. The number of ketones is 1. The molecule has 2 aromatic rings. The van der Waals surface area contributed by atoms with Crippen LogP contribution in [0, 0.1) is 0 Å². The molecule has 30 heavy (non-hydrogen) atoms. The molecule has 0 unspecified atom stereocenters. The average Bonchev–Trinajstić information content (AvgIpc) is 3.47. The lowest BCUT2D eigenvalue weighted by atomic mass is 9.99. The summed E-state index contributed by atoms with van der Waals surface area (Å²) in [6, 6.07) is 2.62. The second-order valence-corrected chi connectivity index (χ2v) is 9.86. The lowest BCUT2D eigenvalue weighted by Crippen LogP contribution is -2.20. The molecule has 0 saturated heterocycles. The lowest BCUT2D eigenvalue weighted by Gasteiger charge is -2.12. The van der Waals surface area contributed by atoms with Gasteiger partial charge in [-0.2, -0.15) is 0 Å². The van der Waals surface area contributed by atoms with Gasteiger partial charge in [0.05, 0.1) is 27.2 Å². The first-order valence-corrected chi connectivity index (χ1v) is 11.6. The van der Waals surface area contributed by atoms with Crippen LogP contribution in [0.25, 0.3) is 0 Å². The summed E-state index contributed by atoms with van der Waals surface area (Å²) in [5.74, 6) is -0.435. The largest absolute Gasteiger partial charge is 0.403 e. The Morgan fingerprint density at radius 1 is 1.40 bits per heavy atom. The fraction of sp³-hybridized carbons (Fsp3) is 0.316. The Balaban J connectivity index is 2.13. The summed E-state index contributed by atoms with van der Waals surface area (Å²) < 4.78 is 25.7. The van der Waals surface area contributed by atoms with Crippen molar-refractivity contribution in [3.8, 4) is 0 Å². The molecule has 1 heterocycles. The highest BCUT2D eigenvalue weighted by Crippen LogP contribution is 2.41. The van der Waals surface area contributed by atoms with Crippen LogP contribution in [0.3, 0.4) is 0 Å². The molecule has 1 aliphatic rings. The van der Waals surface area contributed by atoms with E-state index in [2.05, 4.69) is 10.1 Å². The molecule has 1 fully saturated rings. The fourth-order valence-corrected chi connectivity index (χ4v) is 4.50. The predicted octanol–water partition coefficient (Wildman–Crippen LogP) is 2.49. The van der Waals surface area contributed by atoms with Gasteiger partial charge in [-0.15, -0.1) is 0 Å². The number of aryl methyl sites for hydroxylation is 1. The molecule has 11 heteroatoms. The van der Waals surface area contributed by atoms with Gasteiger partial charge >= 0.3 is 0 Å². The summed E-state index contributed by atoms with van der Waals surface area (Å²) in [6.07, 6.45) is 5.19. The van der Waals surface area contributed by atoms with Gasteiger partial charge in [-0.1, -0.05) is 23.2 Å². The standard InChI is InChI=1S/C19H20Cl2N4O4S/c1-25-19(27)15(17(24-25)10-3-4-10)18(26)12-5-6-14(30(2,28)29)13(16(12)21)9-23-8-11(20)7-22/h5-8,10,24H,3-4,9,22H2,1-2H3. The summed E-state index contributed by atoms with van der Waals surface area (Å²) in [5, 5.41) is 3.02. The maximum atomic E-state index is 13.2. The number of hydrogen-bond donors (Lipinski definition) is 2. The molecule has 1 saturated carbocycles. The van der Waals surface area contributed by atoms with Crippen LogP contribution in [0.15, 0.2) is 38.0 Å². The van der Waals surface area contributed by atoms with Crippen LogP contribution in [-0.2, 0) is 23.4 Å². The predicted molar refractivity (Wildman–Crippen MR) is 116 cm³/mol. The van der Waals surface area contributed by atoms with Gasteiger partial charge in [-0.25, -0.2) is 8.42 Å². The molecule has 0 radical (unpaired) electrons. The number of halogens is 2. The molecule has 1 aromatic carbocycles. The number of hydrogen-bond acceptors (Lipinski definition) is 6. The van der Waals surface area contributed by atoms with Crippen LogP contribution in [0.2, 0.25) is 5.02 Å². The van der Waals surface area contributed by atoms with Gasteiger partial charge in [0.2, 0.25) is 5.78 Å². The number of carbonyl (C=O) groups is 1. The van der Waals surface area contributed by atoms with E-state index in [0.29, 0.717) is 5.69 Å². The van der Waals surface area contributed by atoms with Gasteiger partial charge in [-0.05, 0) is 25.0 Å². The maximum Gasteiger partial charge on any atom is 0.277 e. The number of aromatic nitrogens is 2. The van der Waals surface area contributed by atoms with E-state index in [0.717, 1.165) is 25.3 Å². The Kier molecular flexibility index (Phi) is 6.26. The molecule has 1 aliphatic carbocycles. The molecule has 8 nitrogen and oxygen atoms in total. The molecule has 0 atom stereocenters. The number of aromatic amines is 1. The minimum absolute atomic E-state index is 0.0255. The first-order valence-electron chi connectivity index (χ1n) is 8.98. The first-order chi connectivity index (χ1) is 14.1. The normalized spacial score (nSPS) is 15.1. The van der Waals surface area contributed by atoms with Crippen molar-refractivity contribution in [3.63, 3.8) is 0 Å². The maximum absolute atomic E-state index is 13.2. The van der Waals surface area contributed by atoms with E-state index in [-0.39, 0.29) is 44.1 Å². The van der Waals surface area contributed by atoms with Gasteiger partial charge in [-0.3, -0.25) is 24.4 Å². The lowest BCUT2D eigenvalue weighted by molar-refractivity contribution is 0.103. The van der Waals surface area contributed by atoms with Gasteiger partial charge in [0.1, 0.15) is 5.56 Å². The van der Waals surface area contributed by atoms with Crippen LogP contribution in [0.1, 0.15) is 45.9 Å². The zero-order valence-electron chi connectivity index (χ0n) is 16.3. The molecule has 0 bridgehead atoms. The van der Waals surface area contributed by atoms with Gasteiger partial charge in [0.25, 0.3) is 5.56 Å². The Bertz CT molecular complexity index is 1240. The zero-order valence-corrected chi connectivity index (χ0v) is 18.6. The molecule has 0 aliphatic heterocycles. The highest BCUT2D eigenvalue weighted by atomic mass is 35.5. The SMILES string of the molecule is Cn1[nH]c(C2CC2)c(C(=O)c2ccc(S(C)(=O)=O)c(CN=CC(Cl)=CN)c2Cl)c1=O. The molecule has 1 aromatic heterocycles. The average molecular weight is 471 g/mol. The van der Waals surface area contributed by atoms with Crippen LogP contribution < -0.4 is 11.3 Å². The van der Waals surface area contributed by atoms with Crippen molar-refractivity contribution in [3.05, 3.63) is 61.1 Å². The van der Waals surface area contributed by atoms with Crippen molar-refractivity contribution < 1.29 is 13.2 Å². The molecule has 3 rings (SSSR count). The van der Waals surface area contributed by atoms with Crippen molar-refractivity contribution in [2.24, 2.45) is 17.8 Å². The van der Waals surface area contributed by atoms with Crippen molar-refractivity contribution in [1.29, 1.82) is 0 Å². The van der Waals surface area contributed by atoms with E-state index in [9.17, 15) is 18.0 Å². The van der Waals surface area contributed by atoms with Crippen LogP contribution in [0.5, 0.6) is 0 Å². The number of allylic oxidation sites excluding steroid dienone is 1. The minimum atomic E-state index is -3.65. The Hall–Kier alpha value is -2.36. The van der Waals surface area contributed by atoms with Crippen molar-refractivity contribution >= 4 is 45.0 Å². The topological polar surface area (TPSA) is 127 Å². The van der Waals surface area contributed by atoms with Gasteiger partial charge in [0.15, 0.2) is 9.84 Å². The van der Waals surface area contributed by atoms with Crippen LogP contribution in [0.4, 0.5) is 0 Å². The van der Waals surface area contributed by atoms with E-state index in [1.54, 1.807) is 0 Å². The number of sulfone groups is 1. The summed E-state index contributed by atoms with van der Waals surface area (Å²) >= 11 is 12.2. The number of benzene rings is 1. The third kappa shape index (κ3) is 4.38. The molecule has 160 valence electrons. The van der Waals surface area contributed by atoms with Crippen molar-refractivity contribution in [2.75, 3.05) is 6.26 Å². The quantitative estimate of drug-likeness (QED) is 0.474. The number of nitrogens with two attached hydrogens (primary N) is 1. The third-order valence-corrected chi connectivity index (χ3v) is 6.59. The van der Waals surface area contributed by atoms with Crippen LogP contribution >= 0.6 is 23.2 Å². The summed E-state index contributed by atoms with van der Waals surface area (Å²) in [4.78, 5) is 29.8. The molecule has 0 spiro atoms. The number of nitrogens with zero attached hydrogens (tertiary/aromatic N) is 2. The Morgan fingerprint density at radius 2 is 2.07 bits per heavy atom. The zero-order chi connectivity index (χ0) is 22.2. The van der Waals surface area contributed by atoms with Gasteiger partial charge in [0, 0.05) is 42.8 Å². The molecular formula is C19H20Cl2N4O4S. The third-order valence-electron chi connectivity index (χ3n) is 4.76. The number of rotatable bonds is 7. The number of H-pyrrole nitrogens is 1. The number of aliphatic imine (C=N–C) groups is 1. The molecular weight excluding hydrogens is 451 g/mol. The minimum Gasteiger partial charge on any atom is -0.403 e. The van der Waals surface area contributed by atoms with Crippen LogP contribution in [-0.4, -0.2) is 36.5 Å². The van der Waals surface area contributed by atoms with E-state index in [4.69, 9.17) is 28.9 Å². The second-order valence-electron chi connectivity index (χ2n) is 7.07. The highest BCUT2D eigenvalue weighted by molar-refractivity contribution is 7.90. The first kappa shape index (κ1) is 22.3. The van der Waals surface area contributed by atoms with E-state index in [1.807, 2.05) is 0 Å². The summed E-state index contributed by atoms with van der Waals surface area (Å²) in [7, 11) is -2.11. The fourth-order valence-electron chi connectivity index (χ4n) is 3.13. The Labute approximate surface area is 183 Å².